The lowest BCUT2D eigenvalue weighted by atomic mass is 9.85. The van der Waals surface area contributed by atoms with E-state index >= 15 is 0 Å². The Morgan fingerprint density at radius 1 is 1.26 bits per heavy atom. The van der Waals surface area contributed by atoms with E-state index in [9.17, 15) is 18.8 Å². The molecule has 2 aromatic rings. The van der Waals surface area contributed by atoms with E-state index in [2.05, 4.69) is 15.6 Å². The molecule has 1 fully saturated rings. The van der Waals surface area contributed by atoms with E-state index in [1.807, 2.05) is 13.8 Å². The van der Waals surface area contributed by atoms with E-state index in [4.69, 9.17) is 22.1 Å². The fraction of sp³-hybridized carbons (Fsp3) is 0.500. The fourth-order valence-electron chi connectivity index (χ4n) is 4.10. The van der Waals surface area contributed by atoms with Crippen LogP contribution in [0.15, 0.2) is 18.5 Å². The van der Waals surface area contributed by atoms with Crippen molar-refractivity contribution in [1.82, 2.24) is 14.9 Å². The number of benzene rings is 1. The summed E-state index contributed by atoms with van der Waals surface area (Å²) in [5, 5.41) is 5.65. The molecule has 190 valence electrons. The molecule has 35 heavy (non-hydrogen) atoms. The van der Waals surface area contributed by atoms with Crippen LogP contribution in [0.25, 0.3) is 0 Å². The van der Waals surface area contributed by atoms with E-state index in [1.165, 1.54) is 18.5 Å². The number of rotatable bonds is 8. The van der Waals surface area contributed by atoms with E-state index in [1.54, 1.807) is 18.6 Å². The van der Waals surface area contributed by atoms with E-state index < -0.39 is 23.2 Å². The second-order valence-corrected chi connectivity index (χ2v) is 9.84. The number of nitrogens with two attached hydrogens (primary N) is 1. The Morgan fingerprint density at radius 3 is 2.51 bits per heavy atom. The fourth-order valence-corrected chi connectivity index (χ4v) is 4.30. The topological polar surface area (TPSA) is 128 Å². The molecule has 1 saturated carbocycles. The molecule has 0 atom stereocenters. The summed E-state index contributed by atoms with van der Waals surface area (Å²) in [5.41, 5.74) is 5.78. The highest BCUT2D eigenvalue weighted by Crippen LogP contribution is 2.35. The largest absolute Gasteiger partial charge is 0.377 e. The third-order valence-corrected chi connectivity index (χ3v) is 6.75. The summed E-state index contributed by atoms with van der Waals surface area (Å²) in [6, 6.07) is 2.55. The maximum Gasteiger partial charge on any atom is 0.272 e. The quantitative estimate of drug-likeness (QED) is 0.502. The van der Waals surface area contributed by atoms with Crippen molar-refractivity contribution >= 4 is 35.0 Å². The maximum absolute atomic E-state index is 13.6. The molecule has 0 saturated heterocycles. The molecule has 9 nitrogen and oxygen atoms in total. The zero-order valence-electron chi connectivity index (χ0n) is 20.3. The van der Waals surface area contributed by atoms with Crippen molar-refractivity contribution in [2.24, 2.45) is 11.7 Å². The van der Waals surface area contributed by atoms with Crippen molar-refractivity contribution in [3.8, 4) is 0 Å². The molecule has 0 unspecified atom stereocenters. The van der Waals surface area contributed by atoms with Gasteiger partial charge in [0.05, 0.1) is 22.6 Å². The molecule has 1 aliphatic rings. The summed E-state index contributed by atoms with van der Waals surface area (Å²) in [6.45, 7) is 5.47. The Morgan fingerprint density at radius 2 is 1.91 bits per heavy atom. The summed E-state index contributed by atoms with van der Waals surface area (Å²) in [4.78, 5) is 41.8. The van der Waals surface area contributed by atoms with Gasteiger partial charge in [-0.1, -0.05) is 11.6 Å². The third kappa shape index (κ3) is 6.18. The van der Waals surface area contributed by atoms with E-state index in [0.29, 0.717) is 36.9 Å². The number of methoxy groups -OCH3 is 1. The zero-order chi connectivity index (χ0) is 25.9. The maximum atomic E-state index is 13.6. The highest BCUT2D eigenvalue weighted by atomic mass is 35.5. The summed E-state index contributed by atoms with van der Waals surface area (Å²) >= 11 is 6.07. The molecule has 0 spiro atoms. The number of carbonyl (C=O) groups excluding carboxylic acids is 3. The number of carbonyl (C=O) groups is 3. The van der Waals surface area contributed by atoms with Crippen LogP contribution in [0.5, 0.6) is 0 Å². The van der Waals surface area contributed by atoms with E-state index in [0.717, 1.165) is 0 Å². The van der Waals surface area contributed by atoms with Crippen molar-refractivity contribution in [1.29, 1.82) is 0 Å². The van der Waals surface area contributed by atoms with Gasteiger partial charge in [0.2, 0.25) is 5.91 Å². The third-order valence-electron chi connectivity index (χ3n) is 6.44. The van der Waals surface area contributed by atoms with Gasteiger partial charge < -0.3 is 25.7 Å². The van der Waals surface area contributed by atoms with Crippen molar-refractivity contribution < 1.29 is 23.5 Å². The second kappa shape index (κ2) is 10.7. The summed E-state index contributed by atoms with van der Waals surface area (Å²) in [7, 11) is 1.54. The molecule has 0 radical (unpaired) electrons. The monoisotopic (exact) mass is 507 g/mol. The standard InChI is InChI=1S/C24H31ClFN5O4/c1-13-9-18(16(25)10-17(13)26)30-22(33)14-5-7-15(8-6-14)31-12-29-19(20(31)21(27)32)23(34)28-11-24(2,3)35-4/h9-10,12,14-15H,5-8,11H2,1-4H3,(H2,27,32)(H,28,34)(H,30,33)/t14-,15-. The number of aryl methyl sites for hydroxylation is 1. The van der Waals surface area contributed by atoms with Gasteiger partial charge >= 0.3 is 0 Å². The molecule has 11 heteroatoms. The molecule has 1 heterocycles. The molecule has 4 N–H and O–H groups in total. The van der Waals surface area contributed by atoms with Gasteiger partial charge in [0.25, 0.3) is 11.8 Å². The van der Waals surface area contributed by atoms with Gasteiger partial charge in [-0.15, -0.1) is 0 Å². The second-order valence-electron chi connectivity index (χ2n) is 9.44. The number of nitrogens with one attached hydrogen (secondary N) is 2. The van der Waals surface area contributed by atoms with Crippen molar-refractivity contribution in [2.75, 3.05) is 19.0 Å². The minimum Gasteiger partial charge on any atom is -0.377 e. The van der Waals surface area contributed by atoms with Crippen LogP contribution in [-0.2, 0) is 9.53 Å². The molecule has 1 aliphatic carbocycles. The smallest absolute Gasteiger partial charge is 0.272 e. The van der Waals surface area contributed by atoms with Crippen LogP contribution >= 0.6 is 11.6 Å². The van der Waals surface area contributed by atoms with Gasteiger partial charge in [-0.25, -0.2) is 9.37 Å². The molecule has 3 rings (SSSR count). The lowest BCUT2D eigenvalue weighted by molar-refractivity contribution is -0.121. The molecule has 1 aromatic carbocycles. The van der Waals surface area contributed by atoms with E-state index in [-0.39, 0.29) is 40.8 Å². The molecule has 1 aromatic heterocycles. The number of ether oxygens (including phenoxy) is 1. The van der Waals surface area contributed by atoms with Crippen LogP contribution in [0, 0.1) is 18.7 Å². The summed E-state index contributed by atoms with van der Waals surface area (Å²) in [5.74, 6) is -2.16. The Balaban J connectivity index is 1.67. The lowest BCUT2D eigenvalue weighted by Crippen LogP contribution is -2.40. The first-order valence-corrected chi connectivity index (χ1v) is 11.8. The SMILES string of the molecule is COC(C)(C)CNC(=O)c1ncn([C@H]2CC[C@H](C(=O)Nc3cc(C)c(F)cc3Cl)CC2)c1C(N)=O. The first kappa shape index (κ1) is 26.6. The van der Waals surface area contributed by atoms with Gasteiger partial charge in [0.15, 0.2) is 5.69 Å². The van der Waals surface area contributed by atoms with Gasteiger partial charge in [-0.2, -0.15) is 0 Å². The van der Waals surface area contributed by atoms with Crippen molar-refractivity contribution in [2.45, 2.75) is 58.1 Å². The number of imidazole rings is 1. The molecule has 0 aliphatic heterocycles. The highest BCUT2D eigenvalue weighted by Gasteiger charge is 2.32. The lowest BCUT2D eigenvalue weighted by Gasteiger charge is -2.29. The number of amides is 3. The van der Waals surface area contributed by atoms with Gasteiger partial charge in [-0.05, 0) is 64.2 Å². The summed E-state index contributed by atoms with van der Waals surface area (Å²) in [6.07, 6.45) is 3.72. The minimum atomic E-state index is -0.750. The van der Waals surface area contributed by atoms with Crippen LogP contribution < -0.4 is 16.4 Å². The van der Waals surface area contributed by atoms with Gasteiger partial charge in [0, 0.05) is 25.6 Å². The first-order chi connectivity index (χ1) is 16.4. The zero-order valence-corrected chi connectivity index (χ0v) is 21.0. The Bertz CT molecular complexity index is 1130. The number of nitrogens with zero attached hydrogens (tertiary/aromatic N) is 2. The Kier molecular flexibility index (Phi) is 8.17. The Hall–Kier alpha value is -2.98. The predicted octanol–water partition coefficient (Wildman–Crippen LogP) is 3.61. The molecular weight excluding hydrogens is 477 g/mol. The number of halogens is 2. The van der Waals surface area contributed by atoms with Gasteiger partial charge in [0.1, 0.15) is 11.5 Å². The number of hydrogen-bond acceptors (Lipinski definition) is 5. The predicted molar refractivity (Wildman–Crippen MR) is 130 cm³/mol. The summed E-state index contributed by atoms with van der Waals surface area (Å²) < 4.78 is 20.6. The minimum absolute atomic E-state index is 0.0365. The average molecular weight is 508 g/mol. The number of hydrogen-bond donors (Lipinski definition) is 3. The van der Waals surface area contributed by atoms with Crippen LogP contribution in [0.2, 0.25) is 5.02 Å². The average Bonchev–Trinajstić information content (AvgIpc) is 3.27. The Labute approximate surface area is 208 Å². The number of anilines is 1. The molecule has 3 amide bonds. The molecule has 0 bridgehead atoms. The van der Waals surface area contributed by atoms with Crippen molar-refractivity contribution in [3.05, 3.63) is 46.3 Å². The van der Waals surface area contributed by atoms with Crippen LogP contribution in [-0.4, -0.2) is 46.5 Å². The van der Waals surface area contributed by atoms with Gasteiger partial charge in [-0.3, -0.25) is 14.4 Å². The van der Waals surface area contributed by atoms with Crippen LogP contribution in [0.4, 0.5) is 10.1 Å². The normalized spacial score (nSPS) is 18.2. The number of aromatic nitrogens is 2. The first-order valence-electron chi connectivity index (χ1n) is 11.4. The van der Waals surface area contributed by atoms with Crippen LogP contribution in [0.1, 0.15) is 72.1 Å². The highest BCUT2D eigenvalue weighted by molar-refractivity contribution is 6.33. The number of primary amides is 1. The molecular formula is C24H31ClFN5O4. The van der Waals surface area contributed by atoms with Crippen LogP contribution in [0.3, 0.4) is 0 Å². The van der Waals surface area contributed by atoms with Crippen molar-refractivity contribution in [3.63, 3.8) is 0 Å².